The molecule has 104 valence electrons. The minimum atomic E-state index is -1.08. The van der Waals surface area contributed by atoms with E-state index in [9.17, 15) is 20.1 Å². The summed E-state index contributed by atoms with van der Waals surface area (Å²) in [6.07, 6.45) is 0. The predicted molar refractivity (Wildman–Crippen MR) is 75.2 cm³/mol. The van der Waals surface area contributed by atoms with Crippen molar-refractivity contribution in [1.82, 2.24) is 4.98 Å². The molecule has 0 fully saturated rings. The Bertz CT molecular complexity index is 858. The minimum Gasteiger partial charge on any atom is -0.872 e. The average Bonchev–Trinajstić information content (AvgIpc) is 2.46. The molecule has 5 nitrogen and oxygen atoms in total. The number of aromatic carboxylic acids is 1. The Kier molecular flexibility index (Phi) is 2.95. The Hall–Kier alpha value is -3.08. The normalized spacial score (nSPS) is 10.7. The minimum absolute atomic E-state index is 0.0862. The van der Waals surface area contributed by atoms with Gasteiger partial charge in [0.25, 0.3) is 0 Å². The van der Waals surface area contributed by atoms with Gasteiger partial charge in [0.15, 0.2) is 0 Å². The number of para-hydroxylation sites is 1. The van der Waals surface area contributed by atoms with E-state index in [2.05, 4.69) is 4.98 Å². The number of aromatic hydroxyl groups is 1. The first kappa shape index (κ1) is 12.9. The first-order valence-electron chi connectivity index (χ1n) is 6.20. The summed E-state index contributed by atoms with van der Waals surface area (Å²) in [4.78, 5) is 15.7. The second-order valence-corrected chi connectivity index (χ2v) is 4.56. The molecule has 2 aromatic carbocycles. The van der Waals surface area contributed by atoms with E-state index in [1.54, 1.807) is 24.3 Å². The van der Waals surface area contributed by atoms with Crippen LogP contribution in [0, 0.1) is 0 Å². The van der Waals surface area contributed by atoms with Gasteiger partial charge in [-0.3, -0.25) is 0 Å². The molecule has 0 aliphatic heterocycles. The summed E-state index contributed by atoms with van der Waals surface area (Å²) in [5.74, 6) is -1.63. The number of hydrogen-bond donors (Lipinski definition) is 2. The SMILES string of the molecule is O=C(O)c1cc(-c2ccc(O)cc2[O-])nc2ccccc12. The van der Waals surface area contributed by atoms with Crippen LogP contribution in [0.5, 0.6) is 11.5 Å². The number of rotatable bonds is 2. The zero-order valence-corrected chi connectivity index (χ0v) is 10.8. The lowest BCUT2D eigenvalue weighted by Crippen LogP contribution is -2.01. The van der Waals surface area contributed by atoms with Crippen molar-refractivity contribution in [1.29, 1.82) is 0 Å². The van der Waals surface area contributed by atoms with Crippen LogP contribution in [-0.4, -0.2) is 21.2 Å². The number of pyridine rings is 1. The zero-order chi connectivity index (χ0) is 15.0. The standard InChI is InChI=1S/C16H11NO4/c18-9-5-6-11(15(19)7-9)14-8-12(16(20)21)10-3-1-2-4-13(10)17-14/h1-8,18-19H,(H,20,21)/p-1. The molecule has 1 aromatic heterocycles. The zero-order valence-electron chi connectivity index (χ0n) is 10.8. The number of nitrogens with zero attached hydrogens (tertiary/aromatic N) is 1. The molecule has 5 heteroatoms. The van der Waals surface area contributed by atoms with Gasteiger partial charge in [0.2, 0.25) is 0 Å². The van der Waals surface area contributed by atoms with Crippen LogP contribution < -0.4 is 5.11 Å². The third-order valence-corrected chi connectivity index (χ3v) is 3.19. The van der Waals surface area contributed by atoms with Gasteiger partial charge in [-0.25, -0.2) is 9.78 Å². The van der Waals surface area contributed by atoms with Crippen LogP contribution in [0.2, 0.25) is 0 Å². The van der Waals surface area contributed by atoms with Gasteiger partial charge in [-0.05, 0) is 35.9 Å². The van der Waals surface area contributed by atoms with Crippen LogP contribution >= 0.6 is 0 Å². The van der Waals surface area contributed by atoms with Gasteiger partial charge in [-0.2, -0.15) is 0 Å². The molecular weight excluding hydrogens is 270 g/mol. The summed E-state index contributed by atoms with van der Waals surface area (Å²) in [7, 11) is 0. The summed E-state index contributed by atoms with van der Waals surface area (Å²) < 4.78 is 0. The summed E-state index contributed by atoms with van der Waals surface area (Å²) in [5.41, 5.74) is 1.11. The average molecular weight is 280 g/mol. The van der Waals surface area contributed by atoms with Crippen LogP contribution in [0.3, 0.4) is 0 Å². The number of hydrogen-bond acceptors (Lipinski definition) is 4. The number of carbonyl (C=O) groups is 1. The number of benzene rings is 2. The largest absolute Gasteiger partial charge is 0.872 e. The quantitative estimate of drug-likeness (QED) is 0.751. The van der Waals surface area contributed by atoms with Crippen LogP contribution in [0.15, 0.2) is 48.5 Å². The Balaban J connectivity index is 2.31. The molecule has 21 heavy (non-hydrogen) atoms. The fourth-order valence-electron chi connectivity index (χ4n) is 2.21. The Morgan fingerprint density at radius 1 is 1.10 bits per heavy atom. The van der Waals surface area contributed by atoms with Crippen molar-refractivity contribution in [3.05, 3.63) is 54.1 Å². The number of carboxylic acid groups (broad SMARTS) is 1. The van der Waals surface area contributed by atoms with E-state index < -0.39 is 11.7 Å². The van der Waals surface area contributed by atoms with Gasteiger partial charge in [0, 0.05) is 5.39 Å². The number of fused-ring (bicyclic) bond motifs is 1. The van der Waals surface area contributed by atoms with E-state index in [1.807, 2.05) is 0 Å². The molecule has 0 amide bonds. The van der Waals surface area contributed by atoms with E-state index in [0.29, 0.717) is 10.9 Å². The van der Waals surface area contributed by atoms with Crippen molar-refractivity contribution in [3.63, 3.8) is 0 Å². The van der Waals surface area contributed by atoms with Gasteiger partial charge in [0.1, 0.15) is 5.75 Å². The van der Waals surface area contributed by atoms with Crippen molar-refractivity contribution in [2.24, 2.45) is 0 Å². The van der Waals surface area contributed by atoms with Gasteiger partial charge >= 0.3 is 5.97 Å². The summed E-state index contributed by atoms with van der Waals surface area (Å²) in [6.45, 7) is 0. The van der Waals surface area contributed by atoms with E-state index >= 15 is 0 Å². The van der Waals surface area contributed by atoms with Gasteiger partial charge < -0.3 is 15.3 Å². The summed E-state index contributed by atoms with van der Waals surface area (Å²) in [5, 5.41) is 31.0. The van der Waals surface area contributed by atoms with Crippen LogP contribution in [0.25, 0.3) is 22.2 Å². The van der Waals surface area contributed by atoms with Crippen LogP contribution in [0.4, 0.5) is 0 Å². The molecule has 0 unspecified atom stereocenters. The molecule has 2 N–H and O–H groups in total. The molecular formula is C16H10NO4-. The van der Waals surface area contributed by atoms with E-state index in [0.717, 1.165) is 6.07 Å². The highest BCUT2D eigenvalue weighted by Crippen LogP contribution is 2.31. The summed E-state index contributed by atoms with van der Waals surface area (Å²) >= 11 is 0. The predicted octanol–water partition coefficient (Wildman–Crippen LogP) is 2.38. The topological polar surface area (TPSA) is 93.5 Å². The number of phenolic OH excluding ortho intramolecular Hbond substituents is 1. The second kappa shape index (κ2) is 4.79. The molecule has 0 radical (unpaired) electrons. The molecule has 0 aliphatic carbocycles. The van der Waals surface area contributed by atoms with E-state index in [1.165, 1.54) is 18.2 Å². The van der Waals surface area contributed by atoms with Crippen molar-refractivity contribution in [2.45, 2.75) is 0 Å². The first-order valence-corrected chi connectivity index (χ1v) is 6.20. The van der Waals surface area contributed by atoms with Gasteiger partial charge in [-0.15, -0.1) is 0 Å². The Labute approximate surface area is 119 Å². The molecule has 0 atom stereocenters. The Morgan fingerprint density at radius 2 is 1.86 bits per heavy atom. The van der Waals surface area contributed by atoms with Crippen molar-refractivity contribution < 1.29 is 20.1 Å². The maximum absolute atomic E-state index is 11.9. The molecule has 3 aromatic rings. The van der Waals surface area contributed by atoms with Gasteiger partial charge in [0.05, 0.1) is 16.8 Å². The van der Waals surface area contributed by atoms with Gasteiger partial charge in [-0.1, -0.05) is 23.9 Å². The number of aromatic nitrogens is 1. The van der Waals surface area contributed by atoms with Crippen molar-refractivity contribution >= 4 is 16.9 Å². The Morgan fingerprint density at radius 3 is 2.57 bits per heavy atom. The van der Waals surface area contributed by atoms with Crippen molar-refractivity contribution in [2.75, 3.05) is 0 Å². The molecule has 1 heterocycles. The third-order valence-electron chi connectivity index (χ3n) is 3.19. The molecule has 0 saturated carbocycles. The lowest BCUT2D eigenvalue weighted by atomic mass is 10.0. The molecule has 0 saturated heterocycles. The highest BCUT2D eigenvalue weighted by atomic mass is 16.4. The molecule has 0 bridgehead atoms. The fourth-order valence-corrected chi connectivity index (χ4v) is 2.21. The maximum Gasteiger partial charge on any atom is 0.336 e. The van der Waals surface area contributed by atoms with E-state index in [-0.39, 0.29) is 22.6 Å². The fraction of sp³-hybridized carbons (Fsp3) is 0. The molecule has 0 aliphatic rings. The second-order valence-electron chi connectivity index (χ2n) is 4.56. The molecule has 0 spiro atoms. The number of carboxylic acids is 1. The lowest BCUT2D eigenvalue weighted by Gasteiger charge is -2.14. The monoisotopic (exact) mass is 280 g/mol. The van der Waals surface area contributed by atoms with Crippen LogP contribution in [-0.2, 0) is 0 Å². The molecule has 3 rings (SSSR count). The lowest BCUT2D eigenvalue weighted by molar-refractivity contribution is -0.267. The number of phenols is 1. The summed E-state index contributed by atoms with van der Waals surface area (Å²) in [6, 6.07) is 12.1. The van der Waals surface area contributed by atoms with Crippen LogP contribution in [0.1, 0.15) is 10.4 Å². The highest BCUT2D eigenvalue weighted by molar-refractivity contribution is 6.03. The van der Waals surface area contributed by atoms with E-state index in [4.69, 9.17) is 0 Å². The smallest absolute Gasteiger partial charge is 0.336 e. The maximum atomic E-state index is 11.9. The highest BCUT2D eigenvalue weighted by Gasteiger charge is 2.13. The first-order chi connectivity index (χ1) is 10.1. The van der Waals surface area contributed by atoms with Crippen molar-refractivity contribution in [3.8, 4) is 22.8 Å². The third kappa shape index (κ3) is 2.25.